The zero-order chi connectivity index (χ0) is 32.4. The zero-order valence-corrected chi connectivity index (χ0v) is 27.5. The summed E-state index contributed by atoms with van der Waals surface area (Å²) >= 11 is 1.82. The highest BCUT2D eigenvalue weighted by Gasteiger charge is 2.50. The van der Waals surface area contributed by atoms with Crippen LogP contribution < -0.4 is 4.74 Å². The predicted molar refractivity (Wildman–Crippen MR) is 203 cm³/mol. The Kier molecular flexibility index (Phi) is 6.34. The second kappa shape index (κ2) is 11.1. The molecule has 8 aromatic rings. The van der Waals surface area contributed by atoms with Crippen molar-refractivity contribution in [2.45, 2.75) is 5.41 Å². The topological polar surface area (TPSA) is 9.23 Å². The normalized spacial score (nSPS) is 13.2. The first-order valence-corrected chi connectivity index (χ1v) is 17.6. The number of para-hydroxylation sites is 1. The zero-order valence-electron chi connectivity index (χ0n) is 26.6. The number of thiophene rings is 1. The van der Waals surface area contributed by atoms with E-state index in [0.717, 1.165) is 11.5 Å². The first-order chi connectivity index (χ1) is 24.3. The molecule has 2 heterocycles. The Hall–Kier alpha value is -5.96. The average Bonchev–Trinajstić information content (AvgIpc) is 3.78. The molecule has 0 saturated carbocycles. The summed E-state index contributed by atoms with van der Waals surface area (Å²) in [5.74, 6) is 1.83. The van der Waals surface area contributed by atoms with Crippen molar-refractivity contribution in [2.75, 3.05) is 0 Å². The van der Waals surface area contributed by atoms with E-state index in [-0.39, 0.29) is 0 Å². The summed E-state index contributed by atoms with van der Waals surface area (Å²) in [7, 11) is 0. The number of hydrogen-bond donors (Lipinski definition) is 0. The van der Waals surface area contributed by atoms with Gasteiger partial charge in [-0.2, -0.15) is 0 Å². The van der Waals surface area contributed by atoms with Crippen LogP contribution in [0.5, 0.6) is 11.5 Å². The van der Waals surface area contributed by atoms with Gasteiger partial charge in [-0.3, -0.25) is 0 Å². The number of ether oxygens (including phenoxy) is 1. The van der Waals surface area contributed by atoms with Crippen LogP contribution in [0, 0.1) is 0 Å². The lowest BCUT2D eigenvalue weighted by atomic mass is 9.66. The van der Waals surface area contributed by atoms with Crippen LogP contribution >= 0.6 is 11.3 Å². The van der Waals surface area contributed by atoms with Gasteiger partial charge in [-0.15, -0.1) is 11.3 Å². The predicted octanol–water partition coefficient (Wildman–Crippen LogP) is 12.9. The van der Waals surface area contributed by atoms with E-state index in [1.807, 2.05) is 11.3 Å². The van der Waals surface area contributed by atoms with Gasteiger partial charge in [0.2, 0.25) is 0 Å². The van der Waals surface area contributed by atoms with Crippen molar-refractivity contribution in [1.82, 2.24) is 0 Å². The standard InChI is InChI=1S/C47H30OS/c1-2-10-31(11-3-1)32-18-20-33(21-19-32)34-22-24-35(25-23-34)45-28-29-46(49-45)36-26-27-42-44(30-36)48-43-17-9-8-16-41(43)47(42)39-14-6-4-12-37(39)38-13-5-7-15-40(38)47/h1-30H. The minimum Gasteiger partial charge on any atom is -0.457 e. The van der Waals surface area contributed by atoms with Gasteiger partial charge in [-0.05, 0) is 79.9 Å². The van der Waals surface area contributed by atoms with Gasteiger partial charge < -0.3 is 4.74 Å². The van der Waals surface area contributed by atoms with Gasteiger partial charge in [0, 0.05) is 20.9 Å². The van der Waals surface area contributed by atoms with E-state index < -0.39 is 5.41 Å². The number of benzene rings is 7. The van der Waals surface area contributed by atoms with Gasteiger partial charge in [-0.1, -0.05) is 158 Å². The lowest BCUT2D eigenvalue weighted by molar-refractivity contribution is 0.436. The van der Waals surface area contributed by atoms with Crippen molar-refractivity contribution in [3.63, 3.8) is 0 Å². The second-order valence-electron chi connectivity index (χ2n) is 12.8. The molecule has 2 heteroatoms. The van der Waals surface area contributed by atoms with Gasteiger partial charge in [-0.25, -0.2) is 0 Å². The minimum atomic E-state index is -0.430. The summed E-state index contributed by atoms with van der Waals surface area (Å²) in [6.07, 6.45) is 0. The van der Waals surface area contributed by atoms with Crippen LogP contribution in [0.15, 0.2) is 182 Å². The van der Waals surface area contributed by atoms with Crippen LogP contribution in [0.4, 0.5) is 0 Å². The molecule has 0 radical (unpaired) electrons. The second-order valence-corrected chi connectivity index (χ2v) is 13.9. The molecule has 1 aromatic heterocycles. The Morgan fingerprint density at radius 2 is 0.776 bits per heavy atom. The van der Waals surface area contributed by atoms with Crippen molar-refractivity contribution in [3.8, 4) is 65.8 Å². The van der Waals surface area contributed by atoms with E-state index >= 15 is 0 Å². The molecule has 2 aliphatic rings. The van der Waals surface area contributed by atoms with Crippen molar-refractivity contribution in [3.05, 3.63) is 204 Å². The molecule has 1 aliphatic heterocycles. The lowest BCUT2D eigenvalue weighted by Gasteiger charge is -2.39. The molecule has 10 rings (SSSR count). The average molecular weight is 643 g/mol. The number of fused-ring (bicyclic) bond motifs is 9. The minimum absolute atomic E-state index is 0.430. The fraction of sp³-hybridized carbons (Fsp3) is 0.0213. The number of hydrogen-bond acceptors (Lipinski definition) is 2. The van der Waals surface area contributed by atoms with Crippen molar-refractivity contribution >= 4 is 11.3 Å². The summed E-state index contributed by atoms with van der Waals surface area (Å²) < 4.78 is 6.74. The van der Waals surface area contributed by atoms with Crippen molar-refractivity contribution in [1.29, 1.82) is 0 Å². The Balaban J connectivity index is 0.996. The molecule has 230 valence electrons. The molecule has 0 amide bonds. The molecule has 1 aliphatic carbocycles. The molecule has 7 aromatic carbocycles. The number of rotatable bonds is 4. The van der Waals surface area contributed by atoms with E-state index in [1.165, 1.54) is 76.5 Å². The molecule has 1 nitrogen and oxygen atoms in total. The maximum absolute atomic E-state index is 6.74. The highest BCUT2D eigenvalue weighted by atomic mass is 32.1. The van der Waals surface area contributed by atoms with E-state index in [1.54, 1.807) is 0 Å². The van der Waals surface area contributed by atoms with Gasteiger partial charge in [0.25, 0.3) is 0 Å². The molecule has 0 bridgehead atoms. The molecule has 0 saturated heterocycles. The lowest BCUT2D eigenvalue weighted by Crippen LogP contribution is -2.32. The fourth-order valence-corrected chi connectivity index (χ4v) is 8.98. The molecule has 0 atom stereocenters. The first-order valence-electron chi connectivity index (χ1n) is 16.8. The van der Waals surface area contributed by atoms with Crippen LogP contribution in [-0.4, -0.2) is 0 Å². The SMILES string of the molecule is c1ccc(-c2ccc(-c3ccc(-c4ccc(-c5ccc6c(c5)Oc5ccccc5C65c6ccccc6-c6ccccc65)s4)cc3)cc2)cc1. The van der Waals surface area contributed by atoms with Crippen LogP contribution in [0.1, 0.15) is 22.3 Å². The van der Waals surface area contributed by atoms with Gasteiger partial charge in [0.15, 0.2) is 0 Å². The third kappa shape index (κ3) is 4.31. The summed E-state index contributed by atoms with van der Waals surface area (Å²) in [4.78, 5) is 2.47. The molecule has 0 unspecified atom stereocenters. The molecule has 1 spiro atoms. The quantitative estimate of drug-likeness (QED) is 0.186. The van der Waals surface area contributed by atoms with Crippen molar-refractivity contribution < 1.29 is 4.74 Å². The van der Waals surface area contributed by atoms with E-state index in [0.29, 0.717) is 0 Å². The van der Waals surface area contributed by atoms with E-state index in [2.05, 4.69) is 182 Å². The first kappa shape index (κ1) is 28.1. The van der Waals surface area contributed by atoms with Crippen LogP contribution in [0.2, 0.25) is 0 Å². The third-order valence-electron chi connectivity index (χ3n) is 10.2. The maximum Gasteiger partial charge on any atom is 0.132 e. The van der Waals surface area contributed by atoms with Gasteiger partial charge in [0.1, 0.15) is 11.5 Å². The van der Waals surface area contributed by atoms with E-state index in [4.69, 9.17) is 4.74 Å². The highest BCUT2D eigenvalue weighted by molar-refractivity contribution is 7.18. The van der Waals surface area contributed by atoms with Crippen molar-refractivity contribution in [2.24, 2.45) is 0 Å². The molecular weight excluding hydrogens is 613 g/mol. The van der Waals surface area contributed by atoms with Gasteiger partial charge in [0.05, 0.1) is 5.41 Å². The van der Waals surface area contributed by atoms with Gasteiger partial charge >= 0.3 is 0 Å². The summed E-state index contributed by atoms with van der Waals surface area (Å²) in [6.45, 7) is 0. The molecule has 49 heavy (non-hydrogen) atoms. The Morgan fingerprint density at radius 3 is 1.41 bits per heavy atom. The Labute approximate surface area is 290 Å². The highest BCUT2D eigenvalue weighted by Crippen LogP contribution is 2.62. The molecular formula is C47H30OS. The van der Waals surface area contributed by atoms with Crippen LogP contribution in [-0.2, 0) is 5.41 Å². The fourth-order valence-electron chi connectivity index (χ4n) is 7.98. The van der Waals surface area contributed by atoms with Crippen LogP contribution in [0.3, 0.4) is 0 Å². The summed E-state index contributed by atoms with van der Waals surface area (Å²) in [5.41, 5.74) is 14.5. The Morgan fingerprint density at radius 1 is 0.327 bits per heavy atom. The van der Waals surface area contributed by atoms with Crippen LogP contribution in [0.25, 0.3) is 54.3 Å². The van der Waals surface area contributed by atoms with E-state index in [9.17, 15) is 0 Å². The largest absolute Gasteiger partial charge is 0.457 e. The summed E-state index contributed by atoms with van der Waals surface area (Å²) in [5, 5.41) is 0. The monoisotopic (exact) mass is 642 g/mol. The maximum atomic E-state index is 6.74. The third-order valence-corrected chi connectivity index (χ3v) is 11.4. The summed E-state index contributed by atoms with van der Waals surface area (Å²) in [6, 6.07) is 65.9. The molecule has 0 fully saturated rings. The Bertz CT molecular complexity index is 2460. The smallest absolute Gasteiger partial charge is 0.132 e. The molecule has 0 N–H and O–H groups in total.